The van der Waals surface area contributed by atoms with Gasteiger partial charge in [0.15, 0.2) is 0 Å². The average Bonchev–Trinajstić information content (AvgIpc) is 3.33. The van der Waals surface area contributed by atoms with E-state index in [0.717, 1.165) is 22.2 Å². The zero-order valence-electron chi connectivity index (χ0n) is 16.0. The van der Waals surface area contributed by atoms with Crippen LogP contribution in [0.2, 0.25) is 0 Å². The number of aromatic nitrogens is 1. The molecule has 0 fully saturated rings. The van der Waals surface area contributed by atoms with E-state index >= 15 is 0 Å². The van der Waals surface area contributed by atoms with Crippen LogP contribution in [0.4, 0.5) is 5.00 Å². The Hall–Kier alpha value is -3.70. The van der Waals surface area contributed by atoms with Gasteiger partial charge in [-0.05, 0) is 24.6 Å². The number of carbonyl (C=O) groups excluding carboxylic acids is 2. The third-order valence-electron chi connectivity index (χ3n) is 5.06. The molecule has 3 heterocycles. The van der Waals surface area contributed by atoms with Gasteiger partial charge in [-0.15, -0.1) is 11.3 Å². The fourth-order valence-corrected chi connectivity index (χ4v) is 4.97. The van der Waals surface area contributed by atoms with Crippen LogP contribution in [0.25, 0.3) is 10.9 Å². The minimum atomic E-state index is -1.71. The number of para-hydroxylation sites is 1. The minimum Gasteiger partial charge on any atom is -0.478 e. The lowest BCUT2D eigenvalue weighted by Crippen LogP contribution is -2.38. The van der Waals surface area contributed by atoms with Crippen molar-refractivity contribution < 1.29 is 29.4 Å². The molecule has 0 saturated carbocycles. The second kappa shape index (κ2) is 8.20. The number of carboxylic acid groups (broad SMARTS) is 2. The highest BCUT2D eigenvalue weighted by atomic mass is 32.1. The molecule has 0 spiro atoms. The monoisotopic (exact) mass is 442 g/mol. The van der Waals surface area contributed by atoms with Gasteiger partial charge in [0.2, 0.25) is 0 Å². The lowest BCUT2D eigenvalue weighted by molar-refractivity contribution is -0.147. The smallest absolute Gasteiger partial charge is 0.394 e. The molecule has 0 aliphatic carbocycles. The van der Waals surface area contributed by atoms with Gasteiger partial charge < -0.3 is 31.1 Å². The van der Waals surface area contributed by atoms with E-state index in [1.54, 1.807) is 6.20 Å². The second-order valence-electron chi connectivity index (χ2n) is 6.93. The van der Waals surface area contributed by atoms with Crippen molar-refractivity contribution in [1.29, 1.82) is 0 Å². The van der Waals surface area contributed by atoms with E-state index in [2.05, 4.69) is 20.9 Å². The van der Waals surface area contributed by atoms with Crippen molar-refractivity contribution in [3.8, 4) is 0 Å². The van der Waals surface area contributed by atoms with Gasteiger partial charge >= 0.3 is 17.8 Å². The van der Waals surface area contributed by atoms with E-state index in [9.17, 15) is 24.3 Å². The molecule has 1 aliphatic rings. The highest BCUT2D eigenvalue weighted by Gasteiger charge is 2.31. The van der Waals surface area contributed by atoms with E-state index in [-0.39, 0.29) is 29.1 Å². The Kier molecular flexibility index (Phi) is 5.44. The maximum absolute atomic E-state index is 12.7. The van der Waals surface area contributed by atoms with Gasteiger partial charge in [0, 0.05) is 28.5 Å². The third-order valence-corrected chi connectivity index (χ3v) is 6.32. The van der Waals surface area contributed by atoms with Crippen LogP contribution in [0.5, 0.6) is 0 Å². The number of hydrogen-bond acceptors (Lipinski definition) is 6. The van der Waals surface area contributed by atoms with Gasteiger partial charge in [0.05, 0.1) is 17.2 Å². The number of aromatic amines is 1. The van der Waals surface area contributed by atoms with Crippen LogP contribution in [-0.2, 0) is 16.0 Å². The fourth-order valence-electron chi connectivity index (χ4n) is 3.66. The number of carbonyl (C=O) groups is 4. The topological polar surface area (TPSA) is 161 Å². The first-order chi connectivity index (χ1) is 14.9. The van der Waals surface area contributed by atoms with Crippen LogP contribution < -0.4 is 16.0 Å². The summed E-state index contributed by atoms with van der Waals surface area (Å²) in [6, 6.07) is 7.04. The molecule has 2 amide bonds. The van der Waals surface area contributed by atoms with E-state index in [4.69, 9.17) is 5.11 Å². The van der Waals surface area contributed by atoms with Gasteiger partial charge in [-0.2, -0.15) is 0 Å². The zero-order chi connectivity index (χ0) is 22.1. The molecule has 0 bridgehead atoms. The number of aliphatic carboxylic acids is 1. The van der Waals surface area contributed by atoms with Crippen LogP contribution in [0.3, 0.4) is 0 Å². The molecule has 0 radical (unpaired) electrons. The van der Waals surface area contributed by atoms with Crippen molar-refractivity contribution in [2.75, 3.05) is 18.4 Å². The summed E-state index contributed by atoms with van der Waals surface area (Å²) in [5.74, 6) is -4.54. The summed E-state index contributed by atoms with van der Waals surface area (Å²) in [6.45, 7) is 0.668. The molecule has 1 atom stereocenters. The number of rotatable bonds is 5. The van der Waals surface area contributed by atoms with Crippen LogP contribution >= 0.6 is 11.3 Å². The summed E-state index contributed by atoms with van der Waals surface area (Å²) in [7, 11) is 0. The predicted octanol–water partition coefficient (Wildman–Crippen LogP) is 1.57. The minimum absolute atomic E-state index is 0.0263. The third kappa shape index (κ3) is 3.88. The largest absolute Gasteiger partial charge is 0.478 e. The number of carboxylic acids is 2. The molecule has 11 heteroatoms. The van der Waals surface area contributed by atoms with Crippen molar-refractivity contribution in [3.63, 3.8) is 0 Å². The van der Waals surface area contributed by atoms with Crippen molar-refractivity contribution in [2.24, 2.45) is 0 Å². The first-order valence-corrected chi connectivity index (χ1v) is 10.2. The Morgan fingerprint density at radius 2 is 1.94 bits per heavy atom. The number of amides is 2. The first kappa shape index (κ1) is 20.6. The Morgan fingerprint density at radius 1 is 1.16 bits per heavy atom. The van der Waals surface area contributed by atoms with Crippen LogP contribution in [0.15, 0.2) is 30.5 Å². The number of anilines is 1. The van der Waals surface area contributed by atoms with E-state index in [1.165, 1.54) is 0 Å². The molecule has 1 aliphatic heterocycles. The molecule has 4 rings (SSSR count). The van der Waals surface area contributed by atoms with Gasteiger partial charge in [-0.1, -0.05) is 18.2 Å². The summed E-state index contributed by atoms with van der Waals surface area (Å²) < 4.78 is 0. The highest BCUT2D eigenvalue weighted by Crippen LogP contribution is 2.39. The molecule has 6 N–H and O–H groups in total. The summed E-state index contributed by atoms with van der Waals surface area (Å²) in [5.41, 5.74) is 1.76. The van der Waals surface area contributed by atoms with Crippen LogP contribution in [0, 0.1) is 0 Å². The molecule has 0 saturated heterocycles. The number of thiophene rings is 1. The van der Waals surface area contributed by atoms with Crippen molar-refractivity contribution in [2.45, 2.75) is 12.5 Å². The molecule has 31 heavy (non-hydrogen) atoms. The number of nitrogens with one attached hydrogen (secondary N) is 4. The predicted molar refractivity (Wildman–Crippen MR) is 113 cm³/mol. The van der Waals surface area contributed by atoms with Crippen molar-refractivity contribution >= 4 is 51.0 Å². The number of hydrogen-bond donors (Lipinski definition) is 6. The second-order valence-corrected chi connectivity index (χ2v) is 7.98. The van der Waals surface area contributed by atoms with Crippen LogP contribution in [0.1, 0.15) is 37.2 Å². The van der Waals surface area contributed by atoms with Gasteiger partial charge in [-0.25, -0.2) is 9.59 Å². The Balaban J connectivity index is 1.56. The number of aromatic carboxylic acids is 1. The molecular weight excluding hydrogens is 424 g/mol. The maximum atomic E-state index is 12.7. The van der Waals surface area contributed by atoms with E-state index < -0.39 is 17.8 Å². The Bertz CT molecular complexity index is 1210. The highest BCUT2D eigenvalue weighted by molar-refractivity contribution is 7.17. The summed E-state index contributed by atoms with van der Waals surface area (Å²) in [5, 5.41) is 27.4. The Labute approximate surface area is 179 Å². The average molecular weight is 442 g/mol. The molecule has 160 valence electrons. The first-order valence-electron chi connectivity index (χ1n) is 9.37. The molecular formula is C20H18N4O6S. The van der Waals surface area contributed by atoms with Gasteiger partial charge in [0.1, 0.15) is 5.00 Å². The Morgan fingerprint density at radius 3 is 2.68 bits per heavy atom. The van der Waals surface area contributed by atoms with E-state index in [0.29, 0.717) is 29.0 Å². The quantitative estimate of drug-likeness (QED) is 0.327. The summed E-state index contributed by atoms with van der Waals surface area (Å²) in [4.78, 5) is 50.6. The molecule has 1 unspecified atom stereocenters. The normalized spacial score (nSPS) is 15.3. The number of benzene rings is 1. The lowest BCUT2D eigenvalue weighted by atomic mass is 9.99. The number of fused-ring (bicyclic) bond motifs is 2. The molecule has 2 aromatic heterocycles. The summed E-state index contributed by atoms with van der Waals surface area (Å²) >= 11 is 1.000. The van der Waals surface area contributed by atoms with Crippen molar-refractivity contribution in [1.82, 2.24) is 15.6 Å². The van der Waals surface area contributed by atoms with Crippen molar-refractivity contribution in [3.05, 3.63) is 52.0 Å². The lowest BCUT2D eigenvalue weighted by Gasteiger charge is -2.24. The van der Waals surface area contributed by atoms with Gasteiger partial charge in [0.25, 0.3) is 5.91 Å². The molecule has 3 aromatic rings. The zero-order valence-corrected chi connectivity index (χ0v) is 16.8. The molecule has 10 nitrogen and oxygen atoms in total. The summed E-state index contributed by atoms with van der Waals surface area (Å²) in [6.07, 6.45) is 2.04. The van der Waals surface area contributed by atoms with E-state index in [1.807, 2.05) is 24.3 Å². The molecule has 1 aromatic carbocycles. The SMILES string of the molecule is O=C(O)C(=O)Nc1sc2c(c1C(=O)O)CCNC2CNC(=O)c1c[nH]c2ccccc12. The standard InChI is InChI=1S/C20H18N4O6S/c25-16(11-7-22-12-4-2-1-3-9(11)12)23-8-13-15-10(5-6-21-13)14(19(27)28)18(31-15)24-17(26)20(29)30/h1-4,7,13,21-22H,5-6,8H2,(H,23,25)(H,24,26)(H,27,28)(H,29,30). The maximum Gasteiger partial charge on any atom is 0.394 e. The van der Waals surface area contributed by atoms with Crippen LogP contribution in [-0.4, -0.2) is 52.0 Å². The van der Waals surface area contributed by atoms with Gasteiger partial charge in [-0.3, -0.25) is 9.59 Å². The number of H-pyrrole nitrogens is 1. The fraction of sp³-hybridized carbons (Fsp3) is 0.200.